The summed E-state index contributed by atoms with van der Waals surface area (Å²) in [7, 11) is 0. The number of rotatable bonds is 2. The Kier molecular flexibility index (Phi) is 4.12. The number of nitrogens with one attached hydrogen (secondary N) is 1. The molecule has 7 heteroatoms. The van der Waals surface area contributed by atoms with E-state index in [1.54, 1.807) is 18.2 Å². The lowest BCUT2D eigenvalue weighted by molar-refractivity contribution is -0.137. The molecule has 0 saturated carbocycles. The predicted octanol–water partition coefficient (Wildman–Crippen LogP) is 2.76. The van der Waals surface area contributed by atoms with Crippen LogP contribution in [0.4, 0.5) is 24.7 Å². The van der Waals surface area contributed by atoms with E-state index >= 15 is 0 Å². The maximum atomic E-state index is 13.2. The third-order valence-electron chi connectivity index (χ3n) is 3.82. The lowest BCUT2D eigenvalue weighted by Crippen LogP contribution is -2.43. The van der Waals surface area contributed by atoms with Crippen molar-refractivity contribution in [1.29, 1.82) is 0 Å². The molecule has 1 saturated heterocycles. The van der Waals surface area contributed by atoms with E-state index in [4.69, 9.17) is 5.73 Å². The molecule has 1 aromatic heterocycles. The van der Waals surface area contributed by atoms with Crippen LogP contribution in [0.3, 0.4) is 0 Å². The van der Waals surface area contributed by atoms with E-state index in [0.29, 0.717) is 0 Å². The van der Waals surface area contributed by atoms with E-state index < -0.39 is 11.7 Å². The summed E-state index contributed by atoms with van der Waals surface area (Å²) in [6.45, 7) is 3.22. The van der Waals surface area contributed by atoms with Crippen LogP contribution in [0, 0.1) is 0 Å². The van der Waals surface area contributed by atoms with Crippen molar-refractivity contribution < 1.29 is 13.2 Å². The third-order valence-corrected chi connectivity index (χ3v) is 3.82. The molecule has 122 valence electrons. The summed E-state index contributed by atoms with van der Waals surface area (Å²) in [4.78, 5) is 6.20. The first-order chi connectivity index (χ1) is 10.9. The minimum Gasteiger partial charge on any atom is -0.384 e. The summed E-state index contributed by atoms with van der Waals surface area (Å²) in [5.74, 6) is 0.216. The van der Waals surface area contributed by atoms with Crippen molar-refractivity contribution in [3.8, 4) is 11.3 Å². The standard InChI is InChI=1S/C16H17F3N4/c17-16(18,19)13-4-2-1-3-12(13)14-9-11(10-15(20)22-14)23-7-5-21-6-8-23/h1-4,9-10,21H,5-8H2,(H2,20,22). The summed E-state index contributed by atoms with van der Waals surface area (Å²) in [6, 6.07) is 8.80. The van der Waals surface area contributed by atoms with E-state index in [9.17, 15) is 13.2 Å². The molecular formula is C16H17F3N4. The Bertz CT molecular complexity index is 694. The Labute approximate surface area is 132 Å². The number of hydrogen-bond acceptors (Lipinski definition) is 4. The zero-order valence-electron chi connectivity index (χ0n) is 12.4. The Balaban J connectivity index is 2.05. The van der Waals surface area contributed by atoms with Gasteiger partial charge in [0.15, 0.2) is 0 Å². The monoisotopic (exact) mass is 322 g/mol. The molecule has 0 bridgehead atoms. The first-order valence-electron chi connectivity index (χ1n) is 7.35. The minimum atomic E-state index is -4.43. The molecule has 2 aromatic rings. The van der Waals surface area contributed by atoms with Crippen LogP contribution in [-0.2, 0) is 6.18 Å². The van der Waals surface area contributed by atoms with Crippen molar-refractivity contribution in [2.75, 3.05) is 36.8 Å². The van der Waals surface area contributed by atoms with Gasteiger partial charge < -0.3 is 16.0 Å². The maximum absolute atomic E-state index is 13.2. The van der Waals surface area contributed by atoms with Crippen LogP contribution in [-0.4, -0.2) is 31.2 Å². The molecule has 1 aliphatic heterocycles. The molecule has 0 radical (unpaired) electrons. The summed E-state index contributed by atoms with van der Waals surface area (Å²) >= 11 is 0. The average molecular weight is 322 g/mol. The highest BCUT2D eigenvalue weighted by Crippen LogP contribution is 2.37. The number of anilines is 2. The fraction of sp³-hybridized carbons (Fsp3) is 0.312. The van der Waals surface area contributed by atoms with Crippen molar-refractivity contribution >= 4 is 11.5 Å². The van der Waals surface area contributed by atoms with Crippen molar-refractivity contribution in [2.45, 2.75) is 6.18 Å². The predicted molar refractivity (Wildman–Crippen MR) is 84.2 cm³/mol. The quantitative estimate of drug-likeness (QED) is 0.893. The SMILES string of the molecule is Nc1cc(N2CCNCC2)cc(-c2ccccc2C(F)(F)F)n1. The molecule has 1 aliphatic rings. The van der Waals surface area contributed by atoms with Gasteiger partial charge in [0, 0.05) is 43.5 Å². The summed E-state index contributed by atoms with van der Waals surface area (Å²) in [6.07, 6.45) is -4.43. The first kappa shape index (κ1) is 15.6. The van der Waals surface area contributed by atoms with E-state index in [1.807, 2.05) is 0 Å². The second kappa shape index (κ2) is 6.08. The van der Waals surface area contributed by atoms with Gasteiger partial charge in [-0.1, -0.05) is 18.2 Å². The Morgan fingerprint density at radius 2 is 1.78 bits per heavy atom. The van der Waals surface area contributed by atoms with Gasteiger partial charge in [-0.15, -0.1) is 0 Å². The van der Waals surface area contributed by atoms with Gasteiger partial charge in [-0.3, -0.25) is 0 Å². The maximum Gasteiger partial charge on any atom is 0.417 e. The molecule has 0 spiro atoms. The lowest BCUT2D eigenvalue weighted by Gasteiger charge is -2.30. The molecule has 23 heavy (non-hydrogen) atoms. The number of aromatic nitrogens is 1. The molecule has 0 aliphatic carbocycles. The number of piperazine rings is 1. The van der Waals surface area contributed by atoms with E-state index in [-0.39, 0.29) is 17.1 Å². The molecule has 0 atom stereocenters. The molecule has 0 amide bonds. The number of pyridine rings is 1. The van der Waals surface area contributed by atoms with Gasteiger partial charge >= 0.3 is 6.18 Å². The van der Waals surface area contributed by atoms with Crippen molar-refractivity contribution in [3.05, 3.63) is 42.0 Å². The third kappa shape index (κ3) is 3.39. The summed E-state index contributed by atoms with van der Waals surface area (Å²) in [5, 5.41) is 3.24. The van der Waals surface area contributed by atoms with Crippen LogP contribution < -0.4 is 16.0 Å². The molecule has 1 aromatic carbocycles. The molecule has 1 fully saturated rings. The van der Waals surface area contributed by atoms with Gasteiger partial charge in [-0.2, -0.15) is 13.2 Å². The normalized spacial score (nSPS) is 15.7. The largest absolute Gasteiger partial charge is 0.417 e. The summed E-state index contributed by atoms with van der Waals surface area (Å²) in [5.41, 5.74) is 6.21. The highest BCUT2D eigenvalue weighted by Gasteiger charge is 2.33. The topological polar surface area (TPSA) is 54.2 Å². The Morgan fingerprint density at radius 3 is 2.48 bits per heavy atom. The number of halogens is 3. The van der Waals surface area contributed by atoms with Crippen LogP contribution >= 0.6 is 0 Å². The second-order valence-corrected chi connectivity index (χ2v) is 5.42. The van der Waals surface area contributed by atoms with E-state index in [1.165, 1.54) is 12.1 Å². The number of hydrogen-bond donors (Lipinski definition) is 2. The fourth-order valence-electron chi connectivity index (χ4n) is 2.73. The van der Waals surface area contributed by atoms with Crippen LogP contribution in [0.25, 0.3) is 11.3 Å². The number of nitrogens with two attached hydrogens (primary N) is 1. The van der Waals surface area contributed by atoms with E-state index in [0.717, 1.165) is 37.9 Å². The molecule has 3 N–H and O–H groups in total. The smallest absolute Gasteiger partial charge is 0.384 e. The number of nitrogen functional groups attached to an aromatic ring is 1. The van der Waals surface area contributed by atoms with Crippen LogP contribution in [0.5, 0.6) is 0 Å². The van der Waals surface area contributed by atoms with Crippen molar-refractivity contribution in [3.63, 3.8) is 0 Å². The zero-order valence-corrected chi connectivity index (χ0v) is 12.4. The van der Waals surface area contributed by atoms with Gasteiger partial charge in [0.1, 0.15) is 5.82 Å². The minimum absolute atomic E-state index is 0.0451. The van der Waals surface area contributed by atoms with Gasteiger partial charge in [0.2, 0.25) is 0 Å². The molecule has 3 rings (SSSR count). The van der Waals surface area contributed by atoms with Crippen molar-refractivity contribution in [1.82, 2.24) is 10.3 Å². The molecule has 4 nitrogen and oxygen atoms in total. The molecule has 0 unspecified atom stereocenters. The fourth-order valence-corrected chi connectivity index (χ4v) is 2.73. The summed E-state index contributed by atoms with van der Waals surface area (Å²) < 4.78 is 39.6. The van der Waals surface area contributed by atoms with Crippen LogP contribution in [0.15, 0.2) is 36.4 Å². The van der Waals surface area contributed by atoms with Crippen molar-refractivity contribution in [2.24, 2.45) is 0 Å². The number of benzene rings is 1. The van der Waals surface area contributed by atoms with Crippen LogP contribution in [0.1, 0.15) is 5.56 Å². The number of nitrogens with zero attached hydrogens (tertiary/aromatic N) is 2. The van der Waals surface area contributed by atoms with E-state index in [2.05, 4.69) is 15.2 Å². The highest BCUT2D eigenvalue weighted by atomic mass is 19.4. The number of alkyl halides is 3. The van der Waals surface area contributed by atoms with Gasteiger partial charge in [0.25, 0.3) is 0 Å². The lowest BCUT2D eigenvalue weighted by atomic mass is 10.0. The van der Waals surface area contributed by atoms with Gasteiger partial charge in [0.05, 0.1) is 11.3 Å². The van der Waals surface area contributed by atoms with Crippen LogP contribution in [0.2, 0.25) is 0 Å². The molecule has 2 heterocycles. The zero-order chi connectivity index (χ0) is 16.4. The van der Waals surface area contributed by atoms with Gasteiger partial charge in [-0.25, -0.2) is 4.98 Å². The molecular weight excluding hydrogens is 305 g/mol. The Morgan fingerprint density at radius 1 is 1.09 bits per heavy atom. The average Bonchev–Trinajstić information content (AvgIpc) is 2.54. The Hall–Kier alpha value is -2.28. The first-order valence-corrected chi connectivity index (χ1v) is 7.35. The van der Waals surface area contributed by atoms with Gasteiger partial charge in [-0.05, 0) is 12.1 Å². The highest BCUT2D eigenvalue weighted by molar-refractivity contribution is 5.71. The second-order valence-electron chi connectivity index (χ2n) is 5.42.